The smallest absolute Gasteiger partial charge is 0.243 e. The molecule has 1 N–H and O–H groups in total. The van der Waals surface area contributed by atoms with Crippen LogP contribution in [0.4, 0.5) is 4.39 Å². The lowest BCUT2D eigenvalue weighted by Gasteiger charge is -2.38. The molecule has 1 aliphatic rings. The van der Waals surface area contributed by atoms with Crippen LogP contribution < -0.4 is 5.32 Å². The van der Waals surface area contributed by atoms with Crippen LogP contribution in [0.5, 0.6) is 0 Å². The standard InChI is InChI=1S/C21H21FN2O3/c1-2-20(25)23-12-21(26)24-13-18(15-6-4-3-5-7-15)27-19(14-24)16-8-10-17(22)11-9-16/h2-11,18-19H,1,12-14H2,(H,23,25). The molecule has 0 saturated carbocycles. The van der Waals surface area contributed by atoms with Crippen molar-refractivity contribution in [3.63, 3.8) is 0 Å². The topological polar surface area (TPSA) is 58.6 Å². The number of nitrogens with zero attached hydrogens (tertiary/aromatic N) is 1. The van der Waals surface area contributed by atoms with E-state index in [1.807, 2.05) is 30.3 Å². The van der Waals surface area contributed by atoms with Crippen molar-refractivity contribution in [2.45, 2.75) is 12.2 Å². The summed E-state index contributed by atoms with van der Waals surface area (Å²) in [5.74, 6) is -0.929. The predicted octanol–water partition coefficient (Wildman–Crippen LogP) is 2.77. The average molecular weight is 368 g/mol. The first kappa shape index (κ1) is 18.8. The fourth-order valence-electron chi connectivity index (χ4n) is 3.02. The van der Waals surface area contributed by atoms with E-state index in [-0.39, 0.29) is 30.5 Å². The van der Waals surface area contributed by atoms with Crippen molar-refractivity contribution in [1.82, 2.24) is 10.2 Å². The van der Waals surface area contributed by atoms with Crippen LogP contribution in [0.1, 0.15) is 23.3 Å². The number of morpholine rings is 1. The van der Waals surface area contributed by atoms with Crippen LogP contribution in [0.3, 0.4) is 0 Å². The summed E-state index contributed by atoms with van der Waals surface area (Å²) in [6.07, 6.45) is 0.429. The molecule has 0 spiro atoms. The van der Waals surface area contributed by atoms with Crippen molar-refractivity contribution in [2.75, 3.05) is 19.6 Å². The Labute approximate surface area is 157 Å². The van der Waals surface area contributed by atoms with Crippen molar-refractivity contribution in [1.29, 1.82) is 0 Å². The Balaban J connectivity index is 1.80. The second kappa shape index (κ2) is 8.60. The van der Waals surface area contributed by atoms with E-state index < -0.39 is 5.91 Å². The first-order valence-corrected chi connectivity index (χ1v) is 8.70. The quantitative estimate of drug-likeness (QED) is 0.826. The summed E-state index contributed by atoms with van der Waals surface area (Å²) in [5.41, 5.74) is 1.75. The number of carbonyl (C=O) groups is 2. The highest BCUT2D eigenvalue weighted by molar-refractivity contribution is 5.90. The monoisotopic (exact) mass is 368 g/mol. The van der Waals surface area contributed by atoms with Gasteiger partial charge in [-0.1, -0.05) is 49.0 Å². The molecule has 0 aromatic heterocycles. The van der Waals surface area contributed by atoms with Gasteiger partial charge in [-0.2, -0.15) is 0 Å². The van der Waals surface area contributed by atoms with Gasteiger partial charge in [0.25, 0.3) is 0 Å². The van der Waals surface area contributed by atoms with E-state index in [0.717, 1.165) is 17.2 Å². The lowest BCUT2D eigenvalue weighted by Crippen LogP contribution is -2.47. The molecule has 27 heavy (non-hydrogen) atoms. The molecular formula is C21H21FN2O3. The summed E-state index contributed by atoms with van der Waals surface area (Å²) in [4.78, 5) is 25.6. The summed E-state index contributed by atoms with van der Waals surface area (Å²) in [6, 6.07) is 15.7. The molecule has 3 rings (SSSR count). The van der Waals surface area contributed by atoms with Gasteiger partial charge in [0, 0.05) is 0 Å². The minimum atomic E-state index is -0.397. The Morgan fingerprint density at radius 3 is 2.26 bits per heavy atom. The summed E-state index contributed by atoms with van der Waals surface area (Å²) >= 11 is 0. The predicted molar refractivity (Wildman–Crippen MR) is 99.2 cm³/mol. The Morgan fingerprint density at radius 2 is 1.67 bits per heavy atom. The summed E-state index contributed by atoms with van der Waals surface area (Å²) in [7, 11) is 0. The van der Waals surface area contributed by atoms with Gasteiger partial charge < -0.3 is 15.0 Å². The molecule has 2 unspecified atom stereocenters. The van der Waals surface area contributed by atoms with Crippen LogP contribution in [0, 0.1) is 5.82 Å². The van der Waals surface area contributed by atoms with E-state index in [2.05, 4.69) is 11.9 Å². The van der Waals surface area contributed by atoms with E-state index >= 15 is 0 Å². The number of carbonyl (C=O) groups excluding carboxylic acids is 2. The van der Waals surface area contributed by atoms with E-state index in [1.54, 1.807) is 17.0 Å². The number of rotatable bonds is 5. The zero-order chi connectivity index (χ0) is 19.2. The molecule has 2 aromatic carbocycles. The van der Waals surface area contributed by atoms with Crippen molar-refractivity contribution in [3.8, 4) is 0 Å². The maximum atomic E-state index is 13.3. The van der Waals surface area contributed by atoms with Crippen molar-refractivity contribution in [3.05, 3.63) is 84.2 Å². The minimum Gasteiger partial charge on any atom is -0.362 e. The van der Waals surface area contributed by atoms with Crippen molar-refractivity contribution >= 4 is 11.8 Å². The molecular weight excluding hydrogens is 347 g/mol. The molecule has 1 fully saturated rings. The number of hydrogen-bond donors (Lipinski definition) is 1. The Hall–Kier alpha value is -2.99. The normalized spacial score (nSPS) is 19.4. The van der Waals surface area contributed by atoms with Crippen LogP contribution in [0.2, 0.25) is 0 Å². The third kappa shape index (κ3) is 4.80. The van der Waals surface area contributed by atoms with Gasteiger partial charge in [0.15, 0.2) is 0 Å². The second-order valence-electron chi connectivity index (χ2n) is 6.30. The van der Waals surface area contributed by atoms with E-state index in [0.29, 0.717) is 13.1 Å². The third-order valence-corrected chi connectivity index (χ3v) is 4.47. The van der Waals surface area contributed by atoms with Crippen LogP contribution in [0.25, 0.3) is 0 Å². The molecule has 2 atom stereocenters. The average Bonchev–Trinajstić information content (AvgIpc) is 2.72. The minimum absolute atomic E-state index is 0.109. The van der Waals surface area contributed by atoms with E-state index in [4.69, 9.17) is 4.74 Å². The van der Waals surface area contributed by atoms with Gasteiger partial charge in [-0.3, -0.25) is 9.59 Å². The summed E-state index contributed by atoms with van der Waals surface area (Å²) in [6.45, 7) is 3.98. The highest BCUT2D eigenvalue weighted by Crippen LogP contribution is 2.33. The van der Waals surface area contributed by atoms with E-state index in [9.17, 15) is 14.0 Å². The molecule has 1 saturated heterocycles. The lowest BCUT2D eigenvalue weighted by molar-refractivity contribution is -0.146. The zero-order valence-electron chi connectivity index (χ0n) is 14.8. The molecule has 0 radical (unpaired) electrons. The van der Waals surface area contributed by atoms with Crippen LogP contribution in [-0.4, -0.2) is 36.3 Å². The molecule has 0 aliphatic carbocycles. The van der Waals surface area contributed by atoms with Gasteiger partial charge in [0.1, 0.15) is 18.0 Å². The van der Waals surface area contributed by atoms with E-state index in [1.165, 1.54) is 12.1 Å². The highest BCUT2D eigenvalue weighted by atomic mass is 19.1. The largest absolute Gasteiger partial charge is 0.362 e. The Bertz CT molecular complexity index is 808. The highest BCUT2D eigenvalue weighted by Gasteiger charge is 2.32. The molecule has 0 bridgehead atoms. The summed E-state index contributed by atoms with van der Waals surface area (Å²) < 4.78 is 19.5. The number of hydrogen-bond acceptors (Lipinski definition) is 3. The fourth-order valence-corrected chi connectivity index (χ4v) is 3.02. The van der Waals surface area contributed by atoms with Gasteiger partial charge in [-0.15, -0.1) is 0 Å². The number of amides is 2. The summed E-state index contributed by atoms with van der Waals surface area (Å²) in [5, 5.41) is 2.51. The second-order valence-corrected chi connectivity index (χ2v) is 6.30. The number of ether oxygens (including phenoxy) is 1. The van der Waals surface area contributed by atoms with Crippen molar-refractivity contribution < 1.29 is 18.7 Å². The van der Waals surface area contributed by atoms with Crippen molar-refractivity contribution in [2.24, 2.45) is 0 Å². The van der Waals surface area contributed by atoms with Crippen LogP contribution in [0.15, 0.2) is 67.3 Å². The lowest BCUT2D eigenvalue weighted by atomic mass is 10.0. The number of nitrogens with one attached hydrogen (secondary N) is 1. The molecule has 6 heteroatoms. The first-order valence-electron chi connectivity index (χ1n) is 8.70. The fraction of sp³-hybridized carbons (Fsp3) is 0.238. The maximum absolute atomic E-state index is 13.3. The van der Waals surface area contributed by atoms with Crippen LogP contribution >= 0.6 is 0 Å². The third-order valence-electron chi connectivity index (χ3n) is 4.47. The van der Waals surface area contributed by atoms with Gasteiger partial charge in [-0.25, -0.2) is 4.39 Å². The van der Waals surface area contributed by atoms with Gasteiger partial charge in [-0.05, 0) is 29.3 Å². The molecule has 5 nitrogen and oxygen atoms in total. The van der Waals surface area contributed by atoms with Crippen LogP contribution in [-0.2, 0) is 14.3 Å². The zero-order valence-corrected chi connectivity index (χ0v) is 14.8. The molecule has 140 valence electrons. The Morgan fingerprint density at radius 1 is 1.07 bits per heavy atom. The molecule has 1 aliphatic heterocycles. The first-order chi connectivity index (χ1) is 13.1. The Kier molecular flexibility index (Phi) is 5.98. The number of benzene rings is 2. The van der Waals surface area contributed by atoms with Gasteiger partial charge in [0.05, 0.1) is 19.6 Å². The molecule has 1 heterocycles. The molecule has 2 amide bonds. The van der Waals surface area contributed by atoms with Gasteiger partial charge in [0.2, 0.25) is 11.8 Å². The maximum Gasteiger partial charge on any atom is 0.243 e. The number of halogens is 1. The SMILES string of the molecule is C=CC(=O)NCC(=O)N1CC(c2ccccc2)OC(c2ccc(F)cc2)C1. The molecule has 2 aromatic rings. The van der Waals surface area contributed by atoms with Gasteiger partial charge >= 0.3 is 0 Å².